The molecule has 3 aromatic rings. The summed E-state index contributed by atoms with van der Waals surface area (Å²) in [7, 11) is 0. The van der Waals surface area contributed by atoms with E-state index in [1.54, 1.807) is 12.1 Å². The van der Waals surface area contributed by atoms with E-state index in [1.165, 1.54) is 33.9 Å². The molecule has 0 radical (unpaired) electrons. The number of benzene rings is 1. The Morgan fingerprint density at radius 2 is 1.86 bits per heavy atom. The van der Waals surface area contributed by atoms with Crippen molar-refractivity contribution in [2.24, 2.45) is 11.8 Å². The standard InChI is InChI=1S/C21H24FN5O2/c1-14-9-15(2)12-26(11-14)19(28)7-8-25-13-23-20-18(21(25)29)10-24-27(20)17-5-3-16(22)4-6-17/h3-6,10,13-15H,7-9,11-12H2,1-2H3. The molecule has 8 heteroatoms. The van der Waals surface area contributed by atoms with E-state index in [4.69, 9.17) is 0 Å². The molecule has 2 unspecified atom stereocenters. The number of aryl methyl sites for hydroxylation is 1. The van der Waals surface area contributed by atoms with Gasteiger partial charge in [-0.15, -0.1) is 0 Å². The number of halogens is 1. The van der Waals surface area contributed by atoms with Crippen molar-refractivity contribution in [1.29, 1.82) is 0 Å². The van der Waals surface area contributed by atoms with Crippen LogP contribution in [0.4, 0.5) is 4.39 Å². The average molecular weight is 397 g/mol. The van der Waals surface area contributed by atoms with Gasteiger partial charge in [0.1, 0.15) is 11.2 Å². The minimum atomic E-state index is -0.345. The second-order valence-electron chi connectivity index (χ2n) is 8.01. The van der Waals surface area contributed by atoms with E-state index < -0.39 is 0 Å². The van der Waals surface area contributed by atoms with Gasteiger partial charge in [-0.2, -0.15) is 5.10 Å². The average Bonchev–Trinajstić information content (AvgIpc) is 3.12. The molecule has 3 heterocycles. The monoisotopic (exact) mass is 397 g/mol. The molecule has 1 aliphatic heterocycles. The Balaban J connectivity index is 1.52. The van der Waals surface area contributed by atoms with E-state index in [2.05, 4.69) is 23.9 Å². The van der Waals surface area contributed by atoms with Gasteiger partial charge in [0.25, 0.3) is 5.56 Å². The van der Waals surface area contributed by atoms with Crippen molar-refractivity contribution in [1.82, 2.24) is 24.2 Å². The van der Waals surface area contributed by atoms with Crippen LogP contribution >= 0.6 is 0 Å². The highest BCUT2D eigenvalue weighted by atomic mass is 19.1. The summed E-state index contributed by atoms with van der Waals surface area (Å²) in [4.78, 5) is 31.7. The molecular weight excluding hydrogens is 373 g/mol. The van der Waals surface area contributed by atoms with Crippen molar-refractivity contribution in [3.63, 3.8) is 0 Å². The predicted octanol–water partition coefficient (Wildman–Crippen LogP) is 2.62. The van der Waals surface area contributed by atoms with Gasteiger partial charge in [-0.05, 0) is 42.5 Å². The van der Waals surface area contributed by atoms with Crippen molar-refractivity contribution in [3.8, 4) is 5.69 Å². The topological polar surface area (TPSA) is 73.0 Å². The number of amides is 1. The van der Waals surface area contributed by atoms with Crippen molar-refractivity contribution in [2.75, 3.05) is 13.1 Å². The zero-order chi connectivity index (χ0) is 20.5. The van der Waals surface area contributed by atoms with Gasteiger partial charge in [0, 0.05) is 26.1 Å². The largest absolute Gasteiger partial charge is 0.342 e. The van der Waals surface area contributed by atoms with Crippen LogP contribution in [0, 0.1) is 17.7 Å². The lowest BCUT2D eigenvalue weighted by atomic mass is 9.92. The number of rotatable bonds is 4. The van der Waals surface area contributed by atoms with Crippen LogP contribution in [-0.4, -0.2) is 43.2 Å². The Hall–Kier alpha value is -3.03. The molecule has 1 saturated heterocycles. The van der Waals surface area contributed by atoms with Gasteiger partial charge in [-0.25, -0.2) is 14.1 Å². The number of fused-ring (bicyclic) bond motifs is 1. The molecule has 2 aromatic heterocycles. The molecule has 0 aliphatic carbocycles. The Morgan fingerprint density at radius 1 is 1.17 bits per heavy atom. The Morgan fingerprint density at radius 3 is 2.55 bits per heavy atom. The third kappa shape index (κ3) is 3.92. The first-order valence-electron chi connectivity index (χ1n) is 9.89. The van der Waals surface area contributed by atoms with E-state index >= 15 is 0 Å². The summed E-state index contributed by atoms with van der Waals surface area (Å²) in [5.41, 5.74) is 0.786. The van der Waals surface area contributed by atoms with E-state index in [-0.39, 0.29) is 30.2 Å². The molecule has 0 spiro atoms. The first-order valence-corrected chi connectivity index (χ1v) is 9.89. The van der Waals surface area contributed by atoms with Crippen LogP contribution in [0.25, 0.3) is 16.7 Å². The van der Waals surface area contributed by atoms with Crippen LogP contribution in [0.3, 0.4) is 0 Å². The van der Waals surface area contributed by atoms with Crippen LogP contribution < -0.4 is 5.56 Å². The molecule has 0 bridgehead atoms. The predicted molar refractivity (Wildman–Crippen MR) is 107 cm³/mol. The second kappa shape index (κ2) is 7.77. The van der Waals surface area contributed by atoms with Gasteiger partial charge < -0.3 is 4.90 Å². The molecule has 152 valence electrons. The van der Waals surface area contributed by atoms with Crippen molar-refractivity contribution >= 4 is 16.9 Å². The third-order valence-electron chi connectivity index (χ3n) is 5.41. The molecule has 29 heavy (non-hydrogen) atoms. The summed E-state index contributed by atoms with van der Waals surface area (Å²) in [6.07, 6.45) is 4.31. The molecular formula is C21H24FN5O2. The third-order valence-corrected chi connectivity index (χ3v) is 5.41. The van der Waals surface area contributed by atoms with E-state index in [1.807, 2.05) is 4.90 Å². The summed E-state index contributed by atoms with van der Waals surface area (Å²) in [6, 6.07) is 5.82. The van der Waals surface area contributed by atoms with Gasteiger partial charge in [-0.1, -0.05) is 13.8 Å². The maximum absolute atomic E-state index is 13.2. The van der Waals surface area contributed by atoms with Crippen molar-refractivity contribution in [2.45, 2.75) is 33.2 Å². The first kappa shape index (κ1) is 19.3. The van der Waals surface area contributed by atoms with Crippen LogP contribution in [0.5, 0.6) is 0 Å². The van der Waals surface area contributed by atoms with Gasteiger partial charge in [-0.3, -0.25) is 14.2 Å². The molecule has 1 aromatic carbocycles. The minimum Gasteiger partial charge on any atom is -0.342 e. The lowest BCUT2D eigenvalue weighted by molar-refractivity contribution is -0.134. The molecule has 7 nitrogen and oxygen atoms in total. The van der Waals surface area contributed by atoms with Crippen LogP contribution in [0.1, 0.15) is 26.7 Å². The van der Waals surface area contributed by atoms with Gasteiger partial charge >= 0.3 is 0 Å². The van der Waals surface area contributed by atoms with Crippen LogP contribution in [0.2, 0.25) is 0 Å². The summed E-state index contributed by atoms with van der Waals surface area (Å²) in [5.74, 6) is 0.724. The fourth-order valence-corrected chi connectivity index (χ4v) is 4.12. The Kier molecular flexibility index (Phi) is 5.17. The maximum atomic E-state index is 13.2. The summed E-state index contributed by atoms with van der Waals surface area (Å²) in [5, 5.41) is 4.59. The summed E-state index contributed by atoms with van der Waals surface area (Å²) >= 11 is 0. The number of likely N-dealkylation sites (tertiary alicyclic amines) is 1. The lowest BCUT2D eigenvalue weighted by Crippen LogP contribution is -2.43. The van der Waals surface area contributed by atoms with Gasteiger partial charge in [0.2, 0.25) is 5.91 Å². The van der Waals surface area contributed by atoms with Crippen molar-refractivity contribution in [3.05, 3.63) is 53.0 Å². The van der Waals surface area contributed by atoms with E-state index in [0.717, 1.165) is 19.5 Å². The number of carbonyl (C=O) groups is 1. The lowest BCUT2D eigenvalue weighted by Gasteiger charge is -2.35. The van der Waals surface area contributed by atoms with Crippen molar-refractivity contribution < 1.29 is 9.18 Å². The smallest absolute Gasteiger partial charge is 0.264 e. The summed E-state index contributed by atoms with van der Waals surface area (Å²) in [6.45, 7) is 6.16. The number of aromatic nitrogens is 4. The Labute approximate surface area is 167 Å². The molecule has 4 rings (SSSR count). The molecule has 2 atom stereocenters. The van der Waals surface area contributed by atoms with E-state index in [9.17, 15) is 14.0 Å². The van der Waals surface area contributed by atoms with E-state index in [0.29, 0.717) is 28.6 Å². The first-order chi connectivity index (χ1) is 13.9. The minimum absolute atomic E-state index is 0.0670. The zero-order valence-corrected chi connectivity index (χ0v) is 16.6. The Bertz CT molecular complexity index is 1080. The zero-order valence-electron chi connectivity index (χ0n) is 16.6. The van der Waals surface area contributed by atoms with Crippen LogP contribution in [0.15, 0.2) is 41.6 Å². The molecule has 0 saturated carbocycles. The SMILES string of the molecule is CC1CC(C)CN(C(=O)CCn2cnc3c(cnn3-c3ccc(F)cc3)c2=O)C1. The highest BCUT2D eigenvalue weighted by Crippen LogP contribution is 2.21. The fraction of sp³-hybridized carbons (Fsp3) is 0.429. The normalized spacial score (nSPS) is 19.6. The number of hydrogen-bond acceptors (Lipinski definition) is 4. The second-order valence-corrected chi connectivity index (χ2v) is 8.01. The maximum Gasteiger partial charge on any atom is 0.264 e. The summed E-state index contributed by atoms with van der Waals surface area (Å²) < 4.78 is 16.1. The quantitative estimate of drug-likeness (QED) is 0.678. The highest BCUT2D eigenvalue weighted by Gasteiger charge is 2.25. The molecule has 1 amide bonds. The number of hydrogen-bond donors (Lipinski definition) is 0. The number of piperidine rings is 1. The number of nitrogens with zero attached hydrogens (tertiary/aromatic N) is 5. The van der Waals surface area contributed by atoms with Gasteiger partial charge in [0.15, 0.2) is 5.65 Å². The van der Waals surface area contributed by atoms with Crippen LogP contribution in [-0.2, 0) is 11.3 Å². The molecule has 1 aliphatic rings. The number of carbonyl (C=O) groups excluding carboxylic acids is 1. The molecule has 0 N–H and O–H groups in total. The van der Waals surface area contributed by atoms with Gasteiger partial charge in [0.05, 0.1) is 18.2 Å². The molecule has 1 fully saturated rings. The highest BCUT2D eigenvalue weighted by molar-refractivity contribution is 5.77. The fourth-order valence-electron chi connectivity index (χ4n) is 4.12.